The maximum absolute atomic E-state index is 12.6. The number of nitrogens with one attached hydrogen (secondary N) is 1. The van der Waals surface area contributed by atoms with Crippen molar-refractivity contribution in [2.24, 2.45) is 0 Å². The second-order valence-electron chi connectivity index (χ2n) is 4.27. The van der Waals surface area contributed by atoms with E-state index in [9.17, 15) is 8.42 Å². The summed E-state index contributed by atoms with van der Waals surface area (Å²) in [6.07, 6.45) is 1.58. The largest absolute Gasteiger partial charge is 0.369 e. The molecular formula is C13H17N3O2S2. The highest BCUT2D eigenvalue weighted by molar-refractivity contribution is 7.89. The van der Waals surface area contributed by atoms with Gasteiger partial charge < -0.3 is 5.32 Å². The number of thiophene rings is 1. The van der Waals surface area contributed by atoms with E-state index in [1.54, 1.807) is 36.7 Å². The number of anilines is 1. The lowest BCUT2D eigenvalue weighted by Crippen LogP contribution is -2.27. The molecule has 5 nitrogen and oxygen atoms in total. The van der Waals surface area contributed by atoms with E-state index in [1.807, 2.05) is 23.8 Å². The predicted octanol–water partition coefficient (Wildman–Crippen LogP) is 2.40. The molecular weight excluding hydrogens is 294 g/mol. The maximum atomic E-state index is 12.6. The van der Waals surface area contributed by atoms with Gasteiger partial charge in [0, 0.05) is 26.3 Å². The fraction of sp³-hybridized carbons (Fsp3) is 0.308. The minimum Gasteiger partial charge on any atom is -0.369 e. The Hall–Kier alpha value is -1.44. The molecule has 2 rings (SSSR count). The zero-order valence-corrected chi connectivity index (χ0v) is 13.0. The molecule has 1 N–H and O–H groups in total. The molecule has 0 saturated heterocycles. The first-order valence-corrected chi connectivity index (χ1v) is 8.60. The van der Waals surface area contributed by atoms with Gasteiger partial charge in [0.2, 0.25) is 10.0 Å². The van der Waals surface area contributed by atoms with Crippen LogP contribution in [0.15, 0.2) is 40.1 Å². The Morgan fingerprint density at radius 3 is 2.85 bits per heavy atom. The van der Waals surface area contributed by atoms with Crippen LogP contribution in [-0.4, -0.2) is 31.3 Å². The van der Waals surface area contributed by atoms with Crippen LogP contribution in [0.25, 0.3) is 0 Å². The number of hydrogen-bond acceptors (Lipinski definition) is 5. The summed E-state index contributed by atoms with van der Waals surface area (Å²) in [7, 11) is -1.98. The summed E-state index contributed by atoms with van der Waals surface area (Å²) < 4.78 is 26.5. The summed E-state index contributed by atoms with van der Waals surface area (Å²) >= 11 is 1.55. The zero-order chi connectivity index (χ0) is 14.6. The molecule has 0 amide bonds. The number of rotatable bonds is 6. The van der Waals surface area contributed by atoms with E-state index in [1.165, 1.54) is 4.31 Å². The monoisotopic (exact) mass is 311 g/mol. The number of sulfonamides is 1. The average molecular weight is 311 g/mol. The Balaban J connectivity index is 2.30. The minimum absolute atomic E-state index is 0.208. The maximum Gasteiger partial charge on any atom is 0.246 e. The van der Waals surface area contributed by atoms with Crippen molar-refractivity contribution >= 4 is 27.2 Å². The molecule has 0 aliphatic carbocycles. The van der Waals surface area contributed by atoms with Crippen LogP contribution in [0.2, 0.25) is 0 Å². The Morgan fingerprint density at radius 2 is 2.20 bits per heavy atom. The SMILES string of the molecule is CCNc1ncccc1S(=O)(=O)N(C)Cc1ccsc1. The summed E-state index contributed by atoms with van der Waals surface area (Å²) in [5.74, 6) is 0.396. The first-order valence-electron chi connectivity index (χ1n) is 6.22. The van der Waals surface area contributed by atoms with Crippen molar-refractivity contribution in [1.82, 2.24) is 9.29 Å². The van der Waals surface area contributed by atoms with Crippen LogP contribution in [0.4, 0.5) is 5.82 Å². The lowest BCUT2D eigenvalue weighted by Gasteiger charge is -2.18. The topological polar surface area (TPSA) is 62.3 Å². The summed E-state index contributed by atoms with van der Waals surface area (Å²) in [6, 6.07) is 5.13. The molecule has 7 heteroatoms. The third-order valence-corrected chi connectivity index (χ3v) is 5.36. The normalized spacial score (nSPS) is 11.8. The molecule has 0 aliphatic heterocycles. The lowest BCUT2D eigenvalue weighted by atomic mass is 10.3. The summed E-state index contributed by atoms with van der Waals surface area (Å²) in [5.41, 5.74) is 0.981. The van der Waals surface area contributed by atoms with Gasteiger partial charge in [0.1, 0.15) is 10.7 Å². The van der Waals surface area contributed by atoms with Crippen molar-refractivity contribution in [3.05, 3.63) is 40.7 Å². The van der Waals surface area contributed by atoms with Crippen LogP contribution in [0, 0.1) is 0 Å². The van der Waals surface area contributed by atoms with Gasteiger partial charge in [-0.15, -0.1) is 0 Å². The fourth-order valence-electron chi connectivity index (χ4n) is 1.79. The average Bonchev–Trinajstić information content (AvgIpc) is 2.92. The van der Waals surface area contributed by atoms with Gasteiger partial charge in [0.15, 0.2) is 0 Å². The quantitative estimate of drug-likeness (QED) is 0.890. The van der Waals surface area contributed by atoms with Crippen LogP contribution in [-0.2, 0) is 16.6 Å². The Labute approximate surface area is 123 Å². The highest BCUT2D eigenvalue weighted by Gasteiger charge is 2.24. The Morgan fingerprint density at radius 1 is 1.40 bits per heavy atom. The van der Waals surface area contributed by atoms with E-state index in [0.29, 0.717) is 18.9 Å². The summed E-state index contributed by atoms with van der Waals surface area (Å²) in [4.78, 5) is 4.31. The van der Waals surface area contributed by atoms with E-state index < -0.39 is 10.0 Å². The molecule has 0 bridgehead atoms. The van der Waals surface area contributed by atoms with Crippen molar-refractivity contribution < 1.29 is 8.42 Å². The first kappa shape index (κ1) is 15.0. The van der Waals surface area contributed by atoms with Crippen LogP contribution in [0.3, 0.4) is 0 Å². The molecule has 0 aromatic carbocycles. The second-order valence-corrected chi connectivity index (χ2v) is 7.07. The highest BCUT2D eigenvalue weighted by atomic mass is 32.2. The molecule has 2 heterocycles. The Kier molecular flexibility index (Phi) is 4.74. The smallest absolute Gasteiger partial charge is 0.246 e. The van der Waals surface area contributed by atoms with Gasteiger partial charge in [-0.2, -0.15) is 15.6 Å². The molecule has 2 aromatic heterocycles. The third kappa shape index (κ3) is 3.17. The molecule has 0 spiro atoms. The summed E-state index contributed by atoms with van der Waals surface area (Å²) in [6.45, 7) is 2.88. The van der Waals surface area contributed by atoms with E-state index in [-0.39, 0.29) is 4.90 Å². The molecule has 0 fully saturated rings. The fourth-order valence-corrected chi connectivity index (χ4v) is 3.73. The van der Waals surface area contributed by atoms with Gasteiger partial charge in [-0.25, -0.2) is 13.4 Å². The van der Waals surface area contributed by atoms with E-state index in [4.69, 9.17) is 0 Å². The Bertz CT molecular complexity index is 654. The van der Waals surface area contributed by atoms with Gasteiger partial charge in [0.05, 0.1) is 0 Å². The molecule has 108 valence electrons. The van der Waals surface area contributed by atoms with Gasteiger partial charge >= 0.3 is 0 Å². The van der Waals surface area contributed by atoms with Crippen LogP contribution < -0.4 is 5.32 Å². The van der Waals surface area contributed by atoms with Crippen molar-refractivity contribution in [3.8, 4) is 0 Å². The number of aromatic nitrogens is 1. The highest BCUT2D eigenvalue weighted by Crippen LogP contribution is 2.23. The van der Waals surface area contributed by atoms with E-state index in [2.05, 4.69) is 10.3 Å². The third-order valence-electron chi connectivity index (χ3n) is 2.79. The van der Waals surface area contributed by atoms with Crippen molar-refractivity contribution in [1.29, 1.82) is 0 Å². The van der Waals surface area contributed by atoms with Crippen LogP contribution >= 0.6 is 11.3 Å². The van der Waals surface area contributed by atoms with E-state index >= 15 is 0 Å². The van der Waals surface area contributed by atoms with Crippen LogP contribution in [0.1, 0.15) is 12.5 Å². The predicted molar refractivity (Wildman–Crippen MR) is 81.4 cm³/mol. The van der Waals surface area contributed by atoms with Gasteiger partial charge in [-0.05, 0) is 41.4 Å². The number of hydrogen-bond donors (Lipinski definition) is 1. The van der Waals surface area contributed by atoms with Gasteiger partial charge in [-0.3, -0.25) is 0 Å². The second kappa shape index (κ2) is 6.34. The molecule has 0 aliphatic rings. The molecule has 0 unspecified atom stereocenters. The number of pyridine rings is 1. The molecule has 0 saturated carbocycles. The minimum atomic E-state index is -3.55. The molecule has 2 aromatic rings. The van der Waals surface area contributed by atoms with E-state index in [0.717, 1.165) is 5.56 Å². The zero-order valence-electron chi connectivity index (χ0n) is 11.4. The van der Waals surface area contributed by atoms with Gasteiger partial charge in [0.25, 0.3) is 0 Å². The van der Waals surface area contributed by atoms with Crippen molar-refractivity contribution in [2.45, 2.75) is 18.4 Å². The van der Waals surface area contributed by atoms with Crippen molar-refractivity contribution in [3.63, 3.8) is 0 Å². The lowest BCUT2D eigenvalue weighted by molar-refractivity contribution is 0.467. The first-order chi connectivity index (χ1) is 9.55. The molecule has 0 radical (unpaired) electrons. The van der Waals surface area contributed by atoms with Crippen molar-refractivity contribution in [2.75, 3.05) is 18.9 Å². The van der Waals surface area contributed by atoms with Crippen LogP contribution in [0.5, 0.6) is 0 Å². The summed E-state index contributed by atoms with van der Waals surface area (Å²) in [5, 5.41) is 6.86. The number of nitrogens with zero attached hydrogens (tertiary/aromatic N) is 2. The molecule has 20 heavy (non-hydrogen) atoms. The van der Waals surface area contributed by atoms with Gasteiger partial charge in [-0.1, -0.05) is 0 Å². The standard InChI is InChI=1S/C13H17N3O2S2/c1-3-14-13-12(5-4-7-15-13)20(17,18)16(2)9-11-6-8-19-10-11/h4-8,10H,3,9H2,1-2H3,(H,14,15). The molecule has 0 atom stereocenters.